The van der Waals surface area contributed by atoms with E-state index in [4.69, 9.17) is 15.2 Å². The normalized spacial score (nSPS) is 23.0. The number of carbonyl (C=O) groups is 1. The number of ether oxygens (including phenoxy) is 2. The van der Waals surface area contributed by atoms with Crippen molar-refractivity contribution in [1.29, 1.82) is 0 Å². The van der Waals surface area contributed by atoms with Crippen LogP contribution >= 0.6 is 0 Å². The summed E-state index contributed by atoms with van der Waals surface area (Å²) < 4.78 is 13.5. The maximum absolute atomic E-state index is 12.3. The molecule has 4 aromatic rings. The van der Waals surface area contributed by atoms with Gasteiger partial charge in [-0.15, -0.1) is 0 Å². The van der Waals surface area contributed by atoms with E-state index in [1.54, 1.807) is 0 Å². The molecule has 2 fully saturated rings. The number of anilines is 1. The number of carbonyl (C=O) groups excluding carboxylic acids is 1. The van der Waals surface area contributed by atoms with Gasteiger partial charge >= 0.3 is 5.97 Å². The number of aromatic nitrogens is 3. The number of para-hydroxylation sites is 1. The van der Waals surface area contributed by atoms with Crippen LogP contribution in [0.4, 0.5) is 5.82 Å². The zero-order valence-corrected chi connectivity index (χ0v) is 20.4. The first-order valence-corrected chi connectivity index (χ1v) is 12.7. The maximum atomic E-state index is 12.3. The fraction of sp³-hybridized carbons (Fsp3) is 0.345. The fourth-order valence-electron chi connectivity index (χ4n) is 5.86. The van der Waals surface area contributed by atoms with Crippen LogP contribution in [0.5, 0.6) is 11.5 Å². The Morgan fingerprint density at radius 3 is 2.50 bits per heavy atom. The van der Waals surface area contributed by atoms with E-state index < -0.39 is 0 Å². The lowest BCUT2D eigenvalue weighted by Gasteiger charge is -2.30. The Morgan fingerprint density at radius 1 is 1.06 bits per heavy atom. The molecule has 7 nitrogen and oxygen atoms in total. The van der Waals surface area contributed by atoms with Crippen LogP contribution in [0.1, 0.15) is 45.1 Å². The number of esters is 1. The number of nitrogens with two attached hydrogens (primary N) is 1. The predicted octanol–water partition coefficient (Wildman–Crippen LogP) is 6.16. The van der Waals surface area contributed by atoms with Crippen LogP contribution in [0.3, 0.4) is 0 Å². The molecule has 0 bridgehead atoms. The zero-order valence-electron chi connectivity index (χ0n) is 20.4. The van der Waals surface area contributed by atoms with Crippen LogP contribution in [0.15, 0.2) is 67.1 Å². The quantitative estimate of drug-likeness (QED) is 0.331. The molecule has 2 saturated carbocycles. The van der Waals surface area contributed by atoms with Gasteiger partial charge in [0.1, 0.15) is 29.3 Å². The second-order valence-corrected chi connectivity index (χ2v) is 9.95. The lowest BCUT2D eigenvalue weighted by Crippen LogP contribution is -2.22. The standard InChI is InChI=1S/C29H30N4O3/c1-2-35-28(34)24-16-29(24)14-12-20(13-15-29)33-17-23(25-26(30)31-18-32-27(25)33)19-8-10-22(11-9-19)36-21-6-4-3-5-7-21/h3-11,17-18,20,24H,2,12-16H2,1H3,(H2,30,31,32). The third-order valence-corrected chi connectivity index (χ3v) is 7.89. The molecule has 2 aromatic carbocycles. The van der Waals surface area contributed by atoms with Gasteiger partial charge < -0.3 is 19.8 Å². The second kappa shape index (κ2) is 8.97. The lowest BCUT2D eigenvalue weighted by molar-refractivity contribution is -0.145. The van der Waals surface area contributed by atoms with Gasteiger partial charge in [-0.3, -0.25) is 4.79 Å². The minimum absolute atomic E-state index is 0.0233. The average Bonchev–Trinajstić information content (AvgIpc) is 3.45. The van der Waals surface area contributed by atoms with Crippen molar-refractivity contribution in [3.05, 3.63) is 67.1 Å². The monoisotopic (exact) mass is 482 g/mol. The van der Waals surface area contributed by atoms with Gasteiger partial charge in [-0.25, -0.2) is 9.97 Å². The van der Waals surface area contributed by atoms with E-state index in [1.165, 1.54) is 6.33 Å². The van der Waals surface area contributed by atoms with Crippen LogP contribution in [-0.4, -0.2) is 27.1 Å². The third-order valence-electron chi connectivity index (χ3n) is 7.89. The maximum Gasteiger partial charge on any atom is 0.309 e. The highest BCUT2D eigenvalue weighted by Crippen LogP contribution is 2.63. The summed E-state index contributed by atoms with van der Waals surface area (Å²) >= 11 is 0. The third kappa shape index (κ3) is 3.98. The van der Waals surface area contributed by atoms with Gasteiger partial charge in [0.05, 0.1) is 17.9 Å². The Morgan fingerprint density at radius 2 is 1.78 bits per heavy atom. The van der Waals surface area contributed by atoms with E-state index >= 15 is 0 Å². The summed E-state index contributed by atoms with van der Waals surface area (Å²) in [6.45, 7) is 2.32. The summed E-state index contributed by atoms with van der Waals surface area (Å²) in [5, 5.41) is 0.880. The lowest BCUT2D eigenvalue weighted by atomic mass is 9.81. The first-order chi connectivity index (χ1) is 17.6. The van der Waals surface area contributed by atoms with E-state index in [1.807, 2.05) is 61.5 Å². The van der Waals surface area contributed by atoms with Crippen molar-refractivity contribution in [3.63, 3.8) is 0 Å². The Labute approximate surface area is 210 Å². The summed E-state index contributed by atoms with van der Waals surface area (Å²) in [5.74, 6) is 2.11. The van der Waals surface area contributed by atoms with Crippen molar-refractivity contribution < 1.29 is 14.3 Å². The van der Waals surface area contributed by atoms with Gasteiger partial charge in [0, 0.05) is 17.8 Å². The van der Waals surface area contributed by atoms with Crippen molar-refractivity contribution in [2.45, 2.75) is 45.1 Å². The molecule has 1 spiro atoms. The molecule has 7 heteroatoms. The number of hydrogen-bond acceptors (Lipinski definition) is 6. The molecule has 36 heavy (non-hydrogen) atoms. The second-order valence-electron chi connectivity index (χ2n) is 9.95. The minimum atomic E-state index is -0.0233. The average molecular weight is 483 g/mol. The van der Waals surface area contributed by atoms with Crippen LogP contribution < -0.4 is 10.5 Å². The van der Waals surface area contributed by atoms with Crippen molar-refractivity contribution in [3.8, 4) is 22.6 Å². The fourth-order valence-corrected chi connectivity index (χ4v) is 5.86. The van der Waals surface area contributed by atoms with E-state index in [0.717, 1.165) is 65.8 Å². The predicted molar refractivity (Wildman–Crippen MR) is 139 cm³/mol. The summed E-state index contributed by atoms with van der Waals surface area (Å²) in [6, 6.07) is 18.1. The molecule has 0 aliphatic heterocycles. The van der Waals surface area contributed by atoms with Crippen LogP contribution in [0.2, 0.25) is 0 Å². The Hall–Kier alpha value is -3.87. The highest BCUT2D eigenvalue weighted by Gasteiger charge is 2.59. The largest absolute Gasteiger partial charge is 0.466 e. The molecule has 0 amide bonds. The Balaban J connectivity index is 1.26. The highest BCUT2D eigenvalue weighted by molar-refractivity contribution is 6.00. The van der Waals surface area contributed by atoms with Gasteiger partial charge in [0.2, 0.25) is 0 Å². The van der Waals surface area contributed by atoms with Gasteiger partial charge in [-0.2, -0.15) is 0 Å². The molecule has 0 radical (unpaired) electrons. The first kappa shape index (κ1) is 22.6. The number of nitrogen functional groups attached to an aromatic ring is 1. The number of fused-ring (bicyclic) bond motifs is 1. The molecule has 1 unspecified atom stereocenters. The van der Waals surface area contributed by atoms with E-state index in [9.17, 15) is 4.79 Å². The Bertz CT molecular complexity index is 1390. The SMILES string of the molecule is CCOC(=O)C1CC12CCC(n1cc(-c3ccc(Oc4ccccc4)cc3)c3c(N)ncnc31)CC2. The summed E-state index contributed by atoms with van der Waals surface area (Å²) in [6.07, 6.45) is 8.74. The van der Waals surface area contributed by atoms with Crippen molar-refractivity contribution in [2.75, 3.05) is 12.3 Å². The molecule has 1 atom stereocenters. The molecule has 2 N–H and O–H groups in total. The topological polar surface area (TPSA) is 92.3 Å². The molecular formula is C29H30N4O3. The van der Waals surface area contributed by atoms with Crippen molar-refractivity contribution in [2.24, 2.45) is 11.3 Å². The Kier molecular flexibility index (Phi) is 5.63. The van der Waals surface area contributed by atoms with E-state index in [-0.39, 0.29) is 17.3 Å². The molecular weight excluding hydrogens is 452 g/mol. The first-order valence-electron chi connectivity index (χ1n) is 12.7. The number of benzene rings is 2. The van der Waals surface area contributed by atoms with Gasteiger partial charge in [0.25, 0.3) is 0 Å². The molecule has 0 saturated heterocycles. The molecule has 2 aliphatic rings. The molecule has 6 rings (SSSR count). The molecule has 2 aromatic heterocycles. The van der Waals surface area contributed by atoms with Crippen LogP contribution in [0, 0.1) is 11.3 Å². The number of hydrogen-bond donors (Lipinski definition) is 1. The van der Waals surface area contributed by atoms with Gasteiger partial charge in [-0.05, 0) is 74.3 Å². The van der Waals surface area contributed by atoms with E-state index in [0.29, 0.717) is 18.5 Å². The zero-order chi connectivity index (χ0) is 24.7. The minimum Gasteiger partial charge on any atom is -0.466 e. The van der Waals surface area contributed by atoms with Gasteiger partial charge in [0.15, 0.2) is 0 Å². The molecule has 2 aliphatic carbocycles. The van der Waals surface area contributed by atoms with Crippen molar-refractivity contribution in [1.82, 2.24) is 14.5 Å². The summed E-state index contributed by atoms with van der Waals surface area (Å²) in [4.78, 5) is 21.2. The highest BCUT2D eigenvalue weighted by atomic mass is 16.5. The smallest absolute Gasteiger partial charge is 0.309 e. The molecule has 184 valence electrons. The van der Waals surface area contributed by atoms with Crippen molar-refractivity contribution >= 4 is 22.8 Å². The summed E-state index contributed by atoms with van der Waals surface area (Å²) in [7, 11) is 0. The van der Waals surface area contributed by atoms with Gasteiger partial charge in [-0.1, -0.05) is 30.3 Å². The van der Waals surface area contributed by atoms with Crippen LogP contribution in [-0.2, 0) is 9.53 Å². The molecule has 2 heterocycles. The number of nitrogens with zero attached hydrogens (tertiary/aromatic N) is 3. The van der Waals surface area contributed by atoms with E-state index in [2.05, 4.69) is 20.7 Å². The number of rotatable bonds is 6. The van der Waals surface area contributed by atoms with Crippen LogP contribution in [0.25, 0.3) is 22.2 Å². The summed E-state index contributed by atoms with van der Waals surface area (Å²) in [5.41, 5.74) is 9.42.